The number of hydrogen-bond donors (Lipinski definition) is 1. The molecule has 5 rings (SSSR count). The summed E-state index contributed by atoms with van der Waals surface area (Å²) in [5.41, 5.74) is 4.86. The zero-order valence-electron chi connectivity index (χ0n) is 15.6. The number of phenolic OH excluding ortho intramolecular Hbond substituents is 1. The smallest absolute Gasteiger partial charge is 0.196 e. The van der Waals surface area contributed by atoms with Gasteiger partial charge in [0.25, 0.3) is 0 Å². The summed E-state index contributed by atoms with van der Waals surface area (Å²) in [6, 6.07) is 30.8. The van der Waals surface area contributed by atoms with Crippen LogP contribution in [-0.4, -0.2) is 16.7 Å². The normalized spacial score (nSPS) is 10.5. The van der Waals surface area contributed by atoms with Crippen LogP contribution in [0.15, 0.2) is 103 Å². The van der Waals surface area contributed by atoms with Crippen molar-refractivity contribution in [1.82, 2.24) is 0 Å². The lowest BCUT2D eigenvalue weighted by molar-refractivity contribution is 0.103. The second-order valence-electron chi connectivity index (χ2n) is 6.67. The van der Waals surface area contributed by atoms with Gasteiger partial charge in [0.2, 0.25) is 0 Å². The summed E-state index contributed by atoms with van der Waals surface area (Å²) in [7, 11) is 0. The number of rotatable bonds is 4. The molecule has 3 aromatic rings. The Hall–Kier alpha value is -3.98. The third-order valence-electron chi connectivity index (χ3n) is 4.71. The number of hydrogen-bond acceptors (Lipinski definition) is 3. The highest BCUT2D eigenvalue weighted by Gasteiger charge is 2.22. The molecule has 1 N–H and O–H groups in total. The van der Waals surface area contributed by atoms with Crippen molar-refractivity contribution >= 4 is 11.6 Å². The predicted octanol–water partition coefficient (Wildman–Crippen LogP) is 5.52. The van der Waals surface area contributed by atoms with Gasteiger partial charge in [-0.2, -0.15) is 0 Å². The molecule has 0 saturated carbocycles. The Labute approximate surface area is 168 Å². The second kappa shape index (κ2) is 7.95. The molecule has 29 heavy (non-hydrogen) atoms. The zero-order valence-corrected chi connectivity index (χ0v) is 15.6. The van der Waals surface area contributed by atoms with Crippen molar-refractivity contribution < 1.29 is 14.7 Å². The molecule has 0 spiro atoms. The zero-order chi connectivity index (χ0) is 20.2. The molecule has 0 aliphatic heterocycles. The molecule has 0 unspecified atom stereocenters. The Balaban J connectivity index is 0.000000141. The fraction of sp³-hybridized carbons (Fsp3) is 0. The van der Waals surface area contributed by atoms with Crippen LogP contribution in [-0.2, 0) is 0 Å². The van der Waals surface area contributed by atoms with Crippen LogP contribution in [0, 0.1) is 0 Å². The van der Waals surface area contributed by atoms with Crippen LogP contribution in [0.25, 0.3) is 11.1 Å². The first-order valence-electron chi connectivity index (χ1n) is 9.27. The summed E-state index contributed by atoms with van der Waals surface area (Å²) in [6.45, 7) is 0. The topological polar surface area (TPSA) is 54.4 Å². The van der Waals surface area contributed by atoms with Crippen molar-refractivity contribution in [2.24, 2.45) is 0 Å². The van der Waals surface area contributed by atoms with Gasteiger partial charge in [-0.1, -0.05) is 78.9 Å². The van der Waals surface area contributed by atoms with E-state index < -0.39 is 0 Å². The van der Waals surface area contributed by atoms with Gasteiger partial charge < -0.3 is 5.11 Å². The van der Waals surface area contributed by atoms with E-state index >= 15 is 0 Å². The summed E-state index contributed by atoms with van der Waals surface area (Å²) in [4.78, 5) is 23.8. The molecule has 0 saturated heterocycles. The highest BCUT2D eigenvalue weighted by Crippen LogP contribution is 2.39. The molecule has 2 aliphatic carbocycles. The molecule has 0 amide bonds. The van der Waals surface area contributed by atoms with Gasteiger partial charge in [-0.05, 0) is 35.4 Å². The molecule has 0 radical (unpaired) electrons. The lowest BCUT2D eigenvalue weighted by atomic mass is 10.0. The maximum atomic E-state index is 11.9. The molecule has 0 fully saturated rings. The first-order valence-corrected chi connectivity index (χ1v) is 9.27. The molecule has 0 heterocycles. The second-order valence-corrected chi connectivity index (χ2v) is 6.67. The Morgan fingerprint density at radius 1 is 0.552 bits per heavy atom. The minimum Gasteiger partial charge on any atom is -0.507 e. The number of phenols is 1. The fourth-order valence-electron chi connectivity index (χ4n) is 3.11. The van der Waals surface area contributed by atoms with Gasteiger partial charge in [0.15, 0.2) is 11.6 Å². The van der Waals surface area contributed by atoms with E-state index in [0.29, 0.717) is 11.1 Å². The minimum atomic E-state index is -0.159. The number of benzene rings is 4. The third-order valence-corrected chi connectivity index (χ3v) is 4.71. The van der Waals surface area contributed by atoms with Crippen molar-refractivity contribution in [2.45, 2.75) is 0 Å². The monoisotopic (exact) mass is 378 g/mol. The maximum absolute atomic E-state index is 11.9. The van der Waals surface area contributed by atoms with E-state index in [9.17, 15) is 14.7 Å². The van der Waals surface area contributed by atoms with Gasteiger partial charge in [-0.3, -0.25) is 9.59 Å². The molecule has 0 bridgehead atoms. The molecule has 140 valence electrons. The molecule has 3 aromatic carbocycles. The molecular formula is C26H18O3. The third kappa shape index (κ3) is 3.99. The van der Waals surface area contributed by atoms with Gasteiger partial charge in [0.1, 0.15) is 5.75 Å². The number of ketones is 2. The molecule has 3 nitrogen and oxygen atoms in total. The Morgan fingerprint density at radius 2 is 1.07 bits per heavy atom. The van der Waals surface area contributed by atoms with Gasteiger partial charge in [0, 0.05) is 16.7 Å². The van der Waals surface area contributed by atoms with Crippen LogP contribution < -0.4 is 0 Å². The van der Waals surface area contributed by atoms with Crippen LogP contribution in [0.1, 0.15) is 31.8 Å². The van der Waals surface area contributed by atoms with Crippen molar-refractivity contribution in [3.63, 3.8) is 0 Å². The summed E-state index contributed by atoms with van der Waals surface area (Å²) in [5.74, 6) is -0.0133. The number of aromatic hydroxyl groups is 1. The summed E-state index contributed by atoms with van der Waals surface area (Å²) in [6.07, 6.45) is 0. The summed E-state index contributed by atoms with van der Waals surface area (Å²) >= 11 is 0. The van der Waals surface area contributed by atoms with Crippen LogP contribution in [0.3, 0.4) is 0 Å². The molecule has 3 heteroatoms. The summed E-state index contributed by atoms with van der Waals surface area (Å²) in [5, 5.41) is 9.52. The molecule has 0 aromatic heterocycles. The van der Waals surface area contributed by atoms with E-state index in [4.69, 9.17) is 0 Å². The quantitative estimate of drug-likeness (QED) is 0.419. The average molecular weight is 378 g/mol. The van der Waals surface area contributed by atoms with E-state index in [1.54, 1.807) is 42.5 Å². The van der Waals surface area contributed by atoms with Gasteiger partial charge in [-0.15, -0.1) is 0 Å². The van der Waals surface area contributed by atoms with Crippen molar-refractivity contribution in [2.75, 3.05) is 0 Å². The number of fused-ring (bicyclic) bond motifs is 1. The van der Waals surface area contributed by atoms with Crippen LogP contribution in [0.2, 0.25) is 0 Å². The SMILES string of the molecule is O=C(c1ccccc1)c1ccc2cc1-2.O=C(c1ccccc1)c1ccccc1O. The minimum absolute atomic E-state index is 0.0198. The first-order chi connectivity index (χ1) is 14.1. The fourth-order valence-corrected chi connectivity index (χ4v) is 3.11. The molecular weight excluding hydrogens is 360 g/mol. The van der Waals surface area contributed by atoms with E-state index in [1.165, 1.54) is 11.6 Å². The van der Waals surface area contributed by atoms with Crippen molar-refractivity contribution in [3.8, 4) is 16.9 Å². The lowest BCUT2D eigenvalue weighted by Gasteiger charge is -2.02. The standard InChI is InChI=1S/C13H10O2.C13H8O/c14-12-9-5-4-8-11(12)13(15)10-6-2-1-3-7-10;14-13(9-4-2-1-3-5-9)11-7-6-10-8-12(10)11/h1-9,14H;1-8H. The molecule has 2 aliphatic rings. The number of carbonyl (C=O) groups excluding carboxylic acids is 2. The Kier molecular flexibility index (Phi) is 5.04. The van der Waals surface area contributed by atoms with Crippen LogP contribution in [0.5, 0.6) is 5.75 Å². The van der Waals surface area contributed by atoms with E-state index in [-0.39, 0.29) is 17.3 Å². The van der Waals surface area contributed by atoms with Gasteiger partial charge >= 0.3 is 0 Å². The van der Waals surface area contributed by atoms with E-state index in [2.05, 4.69) is 0 Å². The summed E-state index contributed by atoms with van der Waals surface area (Å²) < 4.78 is 0. The lowest BCUT2D eigenvalue weighted by Crippen LogP contribution is -2.00. The highest BCUT2D eigenvalue weighted by atomic mass is 16.3. The van der Waals surface area contributed by atoms with Crippen molar-refractivity contribution in [1.29, 1.82) is 0 Å². The van der Waals surface area contributed by atoms with E-state index in [1.807, 2.05) is 54.6 Å². The largest absolute Gasteiger partial charge is 0.507 e. The average Bonchev–Trinajstić information content (AvgIpc) is 3.44. The predicted molar refractivity (Wildman–Crippen MR) is 113 cm³/mol. The van der Waals surface area contributed by atoms with E-state index in [0.717, 1.165) is 16.7 Å². The van der Waals surface area contributed by atoms with Crippen LogP contribution >= 0.6 is 0 Å². The van der Waals surface area contributed by atoms with Crippen LogP contribution in [0.4, 0.5) is 0 Å². The Morgan fingerprint density at radius 3 is 1.55 bits per heavy atom. The molecule has 0 atom stereocenters. The number of para-hydroxylation sites is 1. The Bertz CT molecular complexity index is 1180. The van der Waals surface area contributed by atoms with Crippen molar-refractivity contribution in [3.05, 3.63) is 125 Å². The maximum Gasteiger partial charge on any atom is 0.196 e. The van der Waals surface area contributed by atoms with Gasteiger partial charge in [-0.25, -0.2) is 0 Å². The highest BCUT2D eigenvalue weighted by molar-refractivity contribution is 6.16. The first kappa shape index (κ1) is 18.4. The van der Waals surface area contributed by atoms with Gasteiger partial charge in [0.05, 0.1) is 5.56 Å². The number of carbonyl (C=O) groups is 2.